The summed E-state index contributed by atoms with van der Waals surface area (Å²) in [5.74, 6) is 0. The monoisotopic (exact) mass is 253 g/mol. The van der Waals surface area contributed by atoms with E-state index < -0.39 is 10.0 Å². The third-order valence-corrected chi connectivity index (χ3v) is 3.37. The van der Waals surface area contributed by atoms with E-state index in [0.717, 1.165) is 0 Å². The minimum Gasteiger partial charge on any atom is -0.431 e. The van der Waals surface area contributed by atoms with Crippen molar-refractivity contribution in [2.75, 3.05) is 10.5 Å². The minimum atomic E-state index is -3.68. The lowest BCUT2D eigenvalue weighted by Gasteiger charge is -2.04. The predicted molar refractivity (Wildman–Crippen MR) is 62.9 cm³/mol. The largest absolute Gasteiger partial charge is 0.431 e. The number of hydrogen-bond acceptors (Lipinski definition) is 5. The van der Waals surface area contributed by atoms with Gasteiger partial charge in [-0.15, -0.1) is 0 Å². The number of benzene rings is 1. The molecule has 0 fully saturated rings. The van der Waals surface area contributed by atoms with E-state index in [1.807, 2.05) is 0 Å². The molecule has 90 valence electrons. The Morgan fingerprint density at radius 3 is 2.47 bits per heavy atom. The van der Waals surface area contributed by atoms with Crippen molar-refractivity contribution in [2.45, 2.75) is 11.8 Å². The summed E-state index contributed by atoms with van der Waals surface area (Å²) in [6.45, 7) is 1.70. The molecule has 1 aromatic heterocycles. The van der Waals surface area contributed by atoms with Crippen LogP contribution in [-0.4, -0.2) is 13.4 Å². The van der Waals surface area contributed by atoms with Crippen molar-refractivity contribution >= 4 is 21.7 Å². The highest BCUT2D eigenvalue weighted by atomic mass is 32.2. The van der Waals surface area contributed by atoms with Crippen molar-refractivity contribution in [1.82, 2.24) is 4.98 Å². The van der Waals surface area contributed by atoms with Crippen molar-refractivity contribution in [3.05, 3.63) is 36.2 Å². The Morgan fingerprint density at radius 1 is 1.29 bits per heavy atom. The molecule has 1 heterocycles. The molecule has 1 aromatic carbocycles. The number of nitrogens with one attached hydrogen (secondary N) is 1. The van der Waals surface area contributed by atoms with Crippen LogP contribution in [0.5, 0.6) is 0 Å². The van der Waals surface area contributed by atoms with Gasteiger partial charge >= 0.3 is 6.01 Å². The molecule has 0 bridgehead atoms. The van der Waals surface area contributed by atoms with E-state index in [1.54, 1.807) is 6.92 Å². The lowest BCUT2D eigenvalue weighted by Crippen LogP contribution is -2.13. The second-order valence-electron chi connectivity index (χ2n) is 3.47. The van der Waals surface area contributed by atoms with Gasteiger partial charge in [-0.05, 0) is 31.2 Å². The fourth-order valence-electron chi connectivity index (χ4n) is 1.22. The van der Waals surface area contributed by atoms with Gasteiger partial charge < -0.3 is 10.2 Å². The average molecular weight is 253 g/mol. The first kappa shape index (κ1) is 11.5. The Bertz CT molecular complexity index is 617. The molecule has 6 nitrogen and oxygen atoms in total. The van der Waals surface area contributed by atoms with E-state index in [1.165, 1.54) is 30.5 Å². The van der Waals surface area contributed by atoms with Crippen LogP contribution in [-0.2, 0) is 10.0 Å². The topological polar surface area (TPSA) is 98.2 Å². The van der Waals surface area contributed by atoms with Crippen LogP contribution in [0, 0.1) is 6.92 Å². The SMILES string of the molecule is Cc1coc(NS(=O)(=O)c2ccc(N)cc2)n1. The highest BCUT2D eigenvalue weighted by Crippen LogP contribution is 2.16. The van der Waals surface area contributed by atoms with Gasteiger partial charge in [0, 0.05) is 5.69 Å². The predicted octanol–water partition coefficient (Wildman–Crippen LogP) is 1.37. The molecule has 0 aliphatic carbocycles. The first-order valence-corrected chi connectivity index (χ1v) is 6.26. The zero-order chi connectivity index (χ0) is 12.5. The molecule has 17 heavy (non-hydrogen) atoms. The van der Waals surface area contributed by atoms with Crippen LogP contribution in [0.2, 0.25) is 0 Å². The summed E-state index contributed by atoms with van der Waals surface area (Å²) in [4.78, 5) is 3.96. The molecule has 0 amide bonds. The highest BCUT2D eigenvalue weighted by molar-refractivity contribution is 7.92. The number of aryl methyl sites for hydroxylation is 1. The van der Waals surface area contributed by atoms with Gasteiger partial charge in [0.25, 0.3) is 10.0 Å². The van der Waals surface area contributed by atoms with Crippen molar-refractivity contribution in [1.29, 1.82) is 0 Å². The summed E-state index contributed by atoms with van der Waals surface area (Å²) in [5.41, 5.74) is 6.57. The highest BCUT2D eigenvalue weighted by Gasteiger charge is 2.16. The van der Waals surface area contributed by atoms with E-state index in [4.69, 9.17) is 10.2 Å². The quantitative estimate of drug-likeness (QED) is 0.805. The van der Waals surface area contributed by atoms with E-state index in [9.17, 15) is 8.42 Å². The Hall–Kier alpha value is -2.02. The second kappa shape index (κ2) is 4.10. The minimum absolute atomic E-state index is 0.0562. The lowest BCUT2D eigenvalue weighted by atomic mass is 10.3. The molecular formula is C10H11N3O3S. The fourth-order valence-corrected chi connectivity index (χ4v) is 2.16. The molecular weight excluding hydrogens is 242 g/mol. The van der Waals surface area contributed by atoms with Gasteiger partial charge in [-0.2, -0.15) is 4.98 Å². The molecule has 2 rings (SSSR count). The third kappa shape index (κ3) is 2.56. The maximum Gasteiger partial charge on any atom is 0.309 e. The summed E-state index contributed by atoms with van der Waals surface area (Å²) in [7, 11) is -3.68. The average Bonchev–Trinajstić information content (AvgIpc) is 2.63. The number of hydrogen-bond donors (Lipinski definition) is 2. The normalized spacial score (nSPS) is 11.4. The molecule has 7 heteroatoms. The number of oxazole rings is 1. The van der Waals surface area contributed by atoms with E-state index >= 15 is 0 Å². The van der Waals surface area contributed by atoms with Crippen molar-refractivity contribution in [3.63, 3.8) is 0 Å². The molecule has 0 aliphatic rings. The van der Waals surface area contributed by atoms with Gasteiger partial charge in [0.15, 0.2) is 0 Å². The molecule has 0 spiro atoms. The summed E-state index contributed by atoms with van der Waals surface area (Å²) in [6.07, 6.45) is 1.36. The first-order valence-electron chi connectivity index (χ1n) is 4.78. The number of aromatic nitrogens is 1. The van der Waals surface area contributed by atoms with Crippen molar-refractivity contribution in [2.24, 2.45) is 0 Å². The third-order valence-electron chi connectivity index (χ3n) is 2.03. The number of rotatable bonds is 3. The van der Waals surface area contributed by atoms with Gasteiger partial charge in [-0.1, -0.05) is 0 Å². The molecule has 0 radical (unpaired) electrons. The van der Waals surface area contributed by atoms with E-state index in [2.05, 4.69) is 9.71 Å². The molecule has 0 aliphatic heterocycles. The van der Waals surface area contributed by atoms with Crippen LogP contribution in [0.1, 0.15) is 5.69 Å². The van der Waals surface area contributed by atoms with Gasteiger partial charge in [-0.25, -0.2) is 13.1 Å². The summed E-state index contributed by atoms with van der Waals surface area (Å²) < 4.78 is 30.9. The first-order chi connectivity index (χ1) is 7.97. The Morgan fingerprint density at radius 2 is 1.94 bits per heavy atom. The number of anilines is 2. The van der Waals surface area contributed by atoms with Crippen LogP contribution in [0.25, 0.3) is 0 Å². The summed E-state index contributed by atoms with van der Waals surface area (Å²) >= 11 is 0. The van der Waals surface area contributed by atoms with Crippen molar-refractivity contribution < 1.29 is 12.8 Å². The molecule has 0 atom stereocenters. The van der Waals surface area contributed by atoms with Gasteiger partial charge in [-0.3, -0.25) is 0 Å². The molecule has 0 saturated heterocycles. The maximum absolute atomic E-state index is 11.9. The second-order valence-corrected chi connectivity index (χ2v) is 5.15. The number of nitrogens with two attached hydrogens (primary N) is 1. The number of nitrogen functional groups attached to an aromatic ring is 1. The van der Waals surface area contributed by atoms with Crippen LogP contribution < -0.4 is 10.5 Å². The van der Waals surface area contributed by atoms with Gasteiger partial charge in [0.1, 0.15) is 6.26 Å². The fraction of sp³-hybridized carbons (Fsp3) is 0.100. The number of nitrogens with zero attached hydrogens (tertiary/aromatic N) is 1. The molecule has 0 saturated carbocycles. The number of sulfonamides is 1. The van der Waals surface area contributed by atoms with E-state index in [0.29, 0.717) is 11.4 Å². The van der Waals surface area contributed by atoms with Crippen LogP contribution >= 0.6 is 0 Å². The standard InChI is InChI=1S/C10H11N3O3S/c1-7-6-16-10(12-7)13-17(14,15)9-4-2-8(11)3-5-9/h2-6H,11H2,1H3,(H,12,13). The Labute approximate surface area is 98.5 Å². The lowest BCUT2D eigenvalue weighted by molar-refractivity contribution is 0.569. The maximum atomic E-state index is 11.9. The van der Waals surface area contributed by atoms with Crippen LogP contribution in [0.15, 0.2) is 39.8 Å². The molecule has 0 unspecified atom stereocenters. The summed E-state index contributed by atoms with van der Waals surface area (Å²) in [5, 5.41) is 0. The van der Waals surface area contributed by atoms with Gasteiger partial charge in [0.2, 0.25) is 0 Å². The summed E-state index contributed by atoms with van der Waals surface area (Å²) in [6, 6.07) is 5.78. The van der Waals surface area contributed by atoms with Gasteiger partial charge in [0.05, 0.1) is 10.6 Å². The Balaban J connectivity index is 2.28. The smallest absolute Gasteiger partial charge is 0.309 e. The molecule has 3 N–H and O–H groups in total. The zero-order valence-electron chi connectivity index (χ0n) is 9.04. The Kier molecular flexibility index (Phi) is 2.76. The van der Waals surface area contributed by atoms with Crippen LogP contribution in [0.4, 0.5) is 11.7 Å². The van der Waals surface area contributed by atoms with Crippen molar-refractivity contribution in [3.8, 4) is 0 Å². The van der Waals surface area contributed by atoms with Crippen LogP contribution in [0.3, 0.4) is 0 Å². The van der Waals surface area contributed by atoms with E-state index in [-0.39, 0.29) is 10.9 Å². The molecule has 2 aromatic rings. The zero-order valence-corrected chi connectivity index (χ0v) is 9.86.